The Morgan fingerprint density at radius 1 is 1.25 bits per heavy atom. The summed E-state index contributed by atoms with van der Waals surface area (Å²) in [6, 6.07) is 8.66. The summed E-state index contributed by atoms with van der Waals surface area (Å²) < 4.78 is 11.3. The van der Waals surface area contributed by atoms with E-state index in [1.54, 1.807) is 12.1 Å². The molecule has 1 aromatic carbocycles. The standard InChI is InChI=1S/C20H20ClN3O4/c1-12-19(21)22-17(11-25)23-20(12)24-8-6-14(7-9-24)27-15-4-2-13-3-5-18(26)28-16(13)10-15/h2-5,10,14,25H,6-9,11H2,1H3. The number of aliphatic hydroxyl groups excluding tert-OH is 1. The summed E-state index contributed by atoms with van der Waals surface area (Å²) in [6.45, 7) is 3.15. The smallest absolute Gasteiger partial charge is 0.336 e. The molecule has 7 nitrogen and oxygen atoms in total. The molecule has 0 unspecified atom stereocenters. The van der Waals surface area contributed by atoms with E-state index in [2.05, 4.69) is 14.9 Å². The van der Waals surface area contributed by atoms with E-state index < -0.39 is 0 Å². The number of piperidine rings is 1. The molecule has 1 saturated heterocycles. The number of rotatable bonds is 4. The molecule has 0 spiro atoms. The third-order valence-corrected chi connectivity index (χ3v) is 5.26. The molecule has 2 aromatic heterocycles. The van der Waals surface area contributed by atoms with E-state index in [9.17, 15) is 9.90 Å². The summed E-state index contributed by atoms with van der Waals surface area (Å²) in [5.74, 6) is 1.76. The molecule has 1 fully saturated rings. The third kappa shape index (κ3) is 3.81. The van der Waals surface area contributed by atoms with E-state index in [0.29, 0.717) is 22.3 Å². The van der Waals surface area contributed by atoms with Gasteiger partial charge in [0, 0.05) is 49.0 Å². The average molecular weight is 402 g/mol. The van der Waals surface area contributed by atoms with Crippen molar-refractivity contribution in [3.05, 3.63) is 57.3 Å². The van der Waals surface area contributed by atoms with Gasteiger partial charge in [0.15, 0.2) is 5.82 Å². The van der Waals surface area contributed by atoms with Crippen molar-refractivity contribution in [2.75, 3.05) is 18.0 Å². The molecule has 4 rings (SSSR count). The Morgan fingerprint density at radius 3 is 2.75 bits per heavy atom. The van der Waals surface area contributed by atoms with Crippen LogP contribution in [0.4, 0.5) is 5.82 Å². The number of aliphatic hydroxyl groups is 1. The second-order valence-corrected chi connectivity index (χ2v) is 7.15. The van der Waals surface area contributed by atoms with Gasteiger partial charge in [-0.3, -0.25) is 0 Å². The van der Waals surface area contributed by atoms with Crippen molar-refractivity contribution in [2.45, 2.75) is 32.5 Å². The first kappa shape index (κ1) is 18.7. The van der Waals surface area contributed by atoms with Crippen LogP contribution in [-0.4, -0.2) is 34.3 Å². The number of hydrogen-bond acceptors (Lipinski definition) is 7. The van der Waals surface area contributed by atoms with Crippen LogP contribution in [0.2, 0.25) is 5.15 Å². The van der Waals surface area contributed by atoms with Crippen LogP contribution in [-0.2, 0) is 6.61 Å². The first-order chi connectivity index (χ1) is 13.5. The lowest BCUT2D eigenvalue weighted by Gasteiger charge is -2.33. The number of ether oxygens (including phenoxy) is 1. The second-order valence-electron chi connectivity index (χ2n) is 6.80. The average Bonchev–Trinajstić information content (AvgIpc) is 2.70. The van der Waals surface area contributed by atoms with Gasteiger partial charge in [0.25, 0.3) is 0 Å². The van der Waals surface area contributed by atoms with Crippen molar-refractivity contribution in [3.63, 3.8) is 0 Å². The molecule has 1 aliphatic rings. The maximum atomic E-state index is 11.4. The second kappa shape index (κ2) is 7.77. The highest BCUT2D eigenvalue weighted by Gasteiger charge is 2.24. The summed E-state index contributed by atoms with van der Waals surface area (Å²) in [6.07, 6.45) is 1.68. The minimum Gasteiger partial charge on any atom is -0.490 e. The normalized spacial score (nSPS) is 15.2. The molecule has 0 atom stereocenters. The highest BCUT2D eigenvalue weighted by atomic mass is 35.5. The van der Waals surface area contributed by atoms with E-state index in [4.69, 9.17) is 20.8 Å². The SMILES string of the molecule is Cc1c(Cl)nc(CO)nc1N1CCC(Oc2ccc3ccc(=O)oc3c2)CC1. The van der Waals surface area contributed by atoms with Crippen LogP contribution >= 0.6 is 11.6 Å². The summed E-state index contributed by atoms with van der Waals surface area (Å²) >= 11 is 6.17. The van der Waals surface area contributed by atoms with Gasteiger partial charge in [-0.05, 0) is 25.1 Å². The van der Waals surface area contributed by atoms with Crippen LogP contribution in [0.25, 0.3) is 11.0 Å². The van der Waals surface area contributed by atoms with Gasteiger partial charge in [-0.1, -0.05) is 11.6 Å². The lowest BCUT2D eigenvalue weighted by Crippen LogP contribution is -2.39. The Labute approximate surface area is 166 Å². The molecule has 28 heavy (non-hydrogen) atoms. The van der Waals surface area contributed by atoms with Crippen molar-refractivity contribution >= 4 is 28.4 Å². The highest BCUT2D eigenvalue weighted by Crippen LogP contribution is 2.28. The molecule has 0 amide bonds. The van der Waals surface area contributed by atoms with Crippen LogP contribution in [0.5, 0.6) is 5.75 Å². The number of anilines is 1. The first-order valence-electron chi connectivity index (χ1n) is 9.13. The highest BCUT2D eigenvalue weighted by molar-refractivity contribution is 6.30. The molecule has 146 valence electrons. The van der Waals surface area contributed by atoms with Gasteiger partial charge in [0.05, 0.1) is 0 Å². The van der Waals surface area contributed by atoms with Crippen molar-refractivity contribution < 1.29 is 14.3 Å². The fourth-order valence-electron chi connectivity index (χ4n) is 3.39. The molecule has 3 aromatic rings. The number of fused-ring (bicyclic) bond motifs is 1. The van der Waals surface area contributed by atoms with E-state index in [1.807, 2.05) is 19.1 Å². The molecule has 0 radical (unpaired) electrons. The van der Waals surface area contributed by atoms with Gasteiger partial charge in [0.1, 0.15) is 35.0 Å². The Hall–Kier alpha value is -2.64. The zero-order valence-corrected chi connectivity index (χ0v) is 16.1. The van der Waals surface area contributed by atoms with Gasteiger partial charge in [-0.2, -0.15) is 0 Å². The predicted molar refractivity (Wildman–Crippen MR) is 106 cm³/mol. The number of aromatic nitrogens is 2. The zero-order chi connectivity index (χ0) is 19.7. The third-order valence-electron chi connectivity index (χ3n) is 4.89. The van der Waals surface area contributed by atoms with Crippen LogP contribution in [0.15, 0.2) is 39.5 Å². The van der Waals surface area contributed by atoms with Gasteiger partial charge in [-0.25, -0.2) is 14.8 Å². The number of benzene rings is 1. The monoisotopic (exact) mass is 401 g/mol. The summed E-state index contributed by atoms with van der Waals surface area (Å²) in [5.41, 5.74) is 0.951. The predicted octanol–water partition coefficient (Wildman–Crippen LogP) is 3.08. The van der Waals surface area contributed by atoms with E-state index in [1.165, 1.54) is 6.07 Å². The zero-order valence-electron chi connectivity index (χ0n) is 15.4. The van der Waals surface area contributed by atoms with Crippen LogP contribution in [0, 0.1) is 6.92 Å². The fraction of sp³-hybridized carbons (Fsp3) is 0.350. The largest absolute Gasteiger partial charge is 0.490 e. The van der Waals surface area contributed by atoms with Crippen molar-refractivity contribution in [2.24, 2.45) is 0 Å². The molecular formula is C20H20ClN3O4. The first-order valence-corrected chi connectivity index (χ1v) is 9.50. The van der Waals surface area contributed by atoms with Gasteiger partial charge in [-0.15, -0.1) is 0 Å². The van der Waals surface area contributed by atoms with Crippen molar-refractivity contribution in [1.82, 2.24) is 9.97 Å². The molecular weight excluding hydrogens is 382 g/mol. The lowest BCUT2D eigenvalue weighted by atomic mass is 10.1. The van der Waals surface area contributed by atoms with Gasteiger partial charge in [0.2, 0.25) is 0 Å². The molecule has 3 heterocycles. The number of halogens is 1. The van der Waals surface area contributed by atoms with Crippen molar-refractivity contribution in [1.29, 1.82) is 0 Å². The van der Waals surface area contributed by atoms with E-state index in [0.717, 1.165) is 42.7 Å². The van der Waals surface area contributed by atoms with Gasteiger partial charge < -0.3 is 19.2 Å². The molecule has 1 aliphatic heterocycles. The quantitative estimate of drug-likeness (QED) is 0.530. The minimum absolute atomic E-state index is 0.0547. The summed E-state index contributed by atoms with van der Waals surface area (Å²) in [4.78, 5) is 22.0. The Morgan fingerprint density at radius 2 is 2.00 bits per heavy atom. The van der Waals surface area contributed by atoms with E-state index >= 15 is 0 Å². The minimum atomic E-state index is -0.376. The molecule has 0 saturated carbocycles. The van der Waals surface area contributed by atoms with Crippen molar-refractivity contribution in [3.8, 4) is 5.75 Å². The lowest BCUT2D eigenvalue weighted by molar-refractivity contribution is 0.170. The van der Waals surface area contributed by atoms with Gasteiger partial charge >= 0.3 is 5.63 Å². The maximum absolute atomic E-state index is 11.4. The number of hydrogen-bond donors (Lipinski definition) is 1. The fourth-order valence-corrected chi connectivity index (χ4v) is 3.57. The van der Waals surface area contributed by atoms with Crippen LogP contribution in [0.1, 0.15) is 24.2 Å². The molecule has 0 aliphatic carbocycles. The van der Waals surface area contributed by atoms with Crippen LogP contribution < -0.4 is 15.3 Å². The van der Waals surface area contributed by atoms with E-state index in [-0.39, 0.29) is 18.3 Å². The Bertz CT molecular complexity index is 1060. The Kier molecular flexibility index (Phi) is 5.19. The topological polar surface area (TPSA) is 88.7 Å². The molecule has 8 heteroatoms. The molecule has 1 N–H and O–H groups in total. The molecule has 0 bridgehead atoms. The number of nitrogens with zero attached hydrogens (tertiary/aromatic N) is 3. The maximum Gasteiger partial charge on any atom is 0.336 e. The summed E-state index contributed by atoms with van der Waals surface area (Å²) in [5, 5.41) is 10.5. The Balaban J connectivity index is 1.45. The van der Waals surface area contributed by atoms with Crippen LogP contribution in [0.3, 0.4) is 0 Å². The summed E-state index contributed by atoms with van der Waals surface area (Å²) in [7, 11) is 0.